The van der Waals surface area contributed by atoms with Crippen molar-refractivity contribution in [2.45, 2.75) is 0 Å². The van der Waals surface area contributed by atoms with E-state index in [9.17, 15) is 4.39 Å². The summed E-state index contributed by atoms with van der Waals surface area (Å²) in [6, 6.07) is -1.81. The van der Waals surface area contributed by atoms with Gasteiger partial charge in [0.2, 0.25) is 0 Å². The summed E-state index contributed by atoms with van der Waals surface area (Å²) in [5, 5.41) is 0. The van der Waals surface area contributed by atoms with Gasteiger partial charge in [0.05, 0.1) is 0 Å². The SMILES string of the molecule is O=S(=O)([O-])CF.[Cu+]. The third kappa shape index (κ3) is 10.7. The molecule has 0 bridgehead atoms. The molecule has 0 amide bonds. The van der Waals surface area contributed by atoms with E-state index in [1.54, 1.807) is 0 Å². The minimum Gasteiger partial charge on any atom is -0.746 e. The van der Waals surface area contributed by atoms with Gasteiger partial charge in [-0.15, -0.1) is 0 Å². The molecule has 0 aliphatic carbocycles. The van der Waals surface area contributed by atoms with Gasteiger partial charge in [-0.2, -0.15) is 0 Å². The van der Waals surface area contributed by atoms with Crippen LogP contribution in [0.25, 0.3) is 0 Å². The van der Waals surface area contributed by atoms with Crippen LogP contribution in [-0.2, 0) is 27.2 Å². The zero-order valence-corrected chi connectivity index (χ0v) is 4.78. The number of halogens is 1. The van der Waals surface area contributed by atoms with Gasteiger partial charge < -0.3 is 4.55 Å². The quantitative estimate of drug-likeness (QED) is 0.398. The fourth-order valence-corrected chi connectivity index (χ4v) is 0. The fraction of sp³-hybridized carbons (Fsp3) is 1.00. The van der Waals surface area contributed by atoms with E-state index in [1.807, 2.05) is 0 Å². The van der Waals surface area contributed by atoms with Crippen molar-refractivity contribution >= 4 is 10.1 Å². The normalized spacial score (nSPS) is 10.0. The summed E-state index contributed by atoms with van der Waals surface area (Å²) in [6.07, 6.45) is 0. The van der Waals surface area contributed by atoms with Gasteiger partial charge in [-0.25, -0.2) is 12.8 Å². The Balaban J connectivity index is 0. The van der Waals surface area contributed by atoms with Crippen LogP contribution in [0.15, 0.2) is 0 Å². The maximum absolute atomic E-state index is 10.6. The van der Waals surface area contributed by atoms with Crippen molar-refractivity contribution in [3.63, 3.8) is 0 Å². The summed E-state index contributed by atoms with van der Waals surface area (Å²) >= 11 is 0. The van der Waals surface area contributed by atoms with E-state index < -0.39 is 16.1 Å². The van der Waals surface area contributed by atoms with Crippen LogP contribution in [-0.4, -0.2) is 19.0 Å². The number of alkyl halides is 1. The van der Waals surface area contributed by atoms with Crippen molar-refractivity contribution in [1.29, 1.82) is 0 Å². The molecule has 0 aliphatic rings. The fourth-order valence-electron chi connectivity index (χ4n) is 0. The molecule has 0 aromatic rings. The molecule has 0 rings (SSSR count). The molecule has 0 spiro atoms. The largest absolute Gasteiger partial charge is 1.00 e. The molecule has 0 radical (unpaired) electrons. The zero-order chi connectivity index (χ0) is 5.21. The summed E-state index contributed by atoms with van der Waals surface area (Å²) in [6.45, 7) is 0. The molecule has 0 saturated carbocycles. The first-order chi connectivity index (χ1) is 2.56. The molecule has 0 N–H and O–H groups in total. The van der Waals surface area contributed by atoms with Gasteiger partial charge in [0.25, 0.3) is 0 Å². The smallest absolute Gasteiger partial charge is 0.746 e. The van der Waals surface area contributed by atoms with Crippen LogP contribution >= 0.6 is 0 Å². The van der Waals surface area contributed by atoms with Crippen LogP contribution in [0.1, 0.15) is 0 Å². The Hall–Kier alpha value is 0.359. The number of rotatable bonds is 1. The van der Waals surface area contributed by atoms with E-state index in [-0.39, 0.29) is 17.1 Å². The van der Waals surface area contributed by atoms with Crippen molar-refractivity contribution in [3.05, 3.63) is 0 Å². The van der Waals surface area contributed by atoms with E-state index in [1.165, 1.54) is 0 Å². The van der Waals surface area contributed by atoms with Crippen LogP contribution in [0.3, 0.4) is 0 Å². The van der Waals surface area contributed by atoms with E-state index >= 15 is 0 Å². The molecule has 0 unspecified atom stereocenters. The zero-order valence-electron chi connectivity index (χ0n) is 3.02. The Morgan fingerprint density at radius 3 is 1.71 bits per heavy atom. The first-order valence-corrected chi connectivity index (χ1v) is 2.63. The Labute approximate surface area is 51.1 Å². The topological polar surface area (TPSA) is 57.2 Å². The average molecular weight is 177 g/mol. The van der Waals surface area contributed by atoms with Gasteiger partial charge in [-0.1, -0.05) is 0 Å². The summed E-state index contributed by atoms with van der Waals surface area (Å²) < 4.78 is 37.8. The first-order valence-electron chi connectivity index (χ1n) is 1.06. The Morgan fingerprint density at radius 2 is 1.71 bits per heavy atom. The second kappa shape index (κ2) is 3.37. The van der Waals surface area contributed by atoms with Crippen LogP contribution in [0.2, 0.25) is 0 Å². The molecule has 0 aromatic carbocycles. The second-order valence-corrected chi connectivity index (χ2v) is 2.00. The molecule has 6 heteroatoms. The molecule has 0 heterocycles. The molecular weight excluding hydrogens is 175 g/mol. The van der Waals surface area contributed by atoms with E-state index in [0.29, 0.717) is 0 Å². The Kier molecular flexibility index (Phi) is 4.99. The molecule has 7 heavy (non-hydrogen) atoms. The molecule has 0 saturated heterocycles. The number of hydrogen-bond acceptors (Lipinski definition) is 3. The molecule has 0 aliphatic heterocycles. The second-order valence-electron chi connectivity index (χ2n) is 0.667. The molecule has 48 valence electrons. The van der Waals surface area contributed by atoms with Crippen LogP contribution in [0.5, 0.6) is 0 Å². The standard InChI is InChI=1S/CH3FO3S.Cu/c2-1-6(3,4)5;/h1H2,(H,3,4,5);/q;+1/p-1. The van der Waals surface area contributed by atoms with E-state index in [4.69, 9.17) is 13.0 Å². The van der Waals surface area contributed by atoms with Crippen molar-refractivity contribution in [3.8, 4) is 0 Å². The minimum absolute atomic E-state index is 0. The predicted octanol–water partition coefficient (Wildman–Crippen LogP) is -0.544. The molecule has 0 fully saturated rings. The summed E-state index contributed by atoms with van der Waals surface area (Å²) in [7, 11) is -4.58. The first kappa shape index (κ1) is 10.4. The van der Waals surface area contributed by atoms with Gasteiger partial charge in [0.15, 0.2) is 6.01 Å². The van der Waals surface area contributed by atoms with Crippen LogP contribution < -0.4 is 0 Å². The van der Waals surface area contributed by atoms with Crippen molar-refractivity contribution in [2.24, 2.45) is 0 Å². The average Bonchev–Trinajstić information content (AvgIpc) is 1.35. The Morgan fingerprint density at radius 1 is 1.57 bits per heavy atom. The monoisotopic (exact) mass is 176 g/mol. The van der Waals surface area contributed by atoms with E-state index in [0.717, 1.165) is 0 Å². The van der Waals surface area contributed by atoms with Crippen molar-refractivity contribution < 1.29 is 34.4 Å². The van der Waals surface area contributed by atoms with Gasteiger partial charge >= 0.3 is 17.1 Å². The molecule has 0 atom stereocenters. The van der Waals surface area contributed by atoms with Crippen LogP contribution in [0, 0.1) is 0 Å². The molecular formula is CH2CuFO3S. The van der Waals surface area contributed by atoms with E-state index in [2.05, 4.69) is 0 Å². The van der Waals surface area contributed by atoms with Crippen molar-refractivity contribution in [1.82, 2.24) is 0 Å². The summed E-state index contributed by atoms with van der Waals surface area (Å²) in [4.78, 5) is 0. The van der Waals surface area contributed by atoms with Gasteiger partial charge in [-0.3, -0.25) is 0 Å². The summed E-state index contributed by atoms with van der Waals surface area (Å²) in [5.41, 5.74) is 0. The Bertz CT molecular complexity index is 117. The summed E-state index contributed by atoms with van der Waals surface area (Å²) in [5.74, 6) is 0. The third-order valence-corrected chi connectivity index (χ3v) is 0.401. The maximum atomic E-state index is 10.6. The van der Waals surface area contributed by atoms with Crippen molar-refractivity contribution in [2.75, 3.05) is 6.01 Å². The molecule has 3 nitrogen and oxygen atoms in total. The van der Waals surface area contributed by atoms with Gasteiger partial charge in [0.1, 0.15) is 10.1 Å². The minimum atomic E-state index is -4.58. The maximum Gasteiger partial charge on any atom is 1.00 e. The molecule has 0 aromatic heterocycles. The van der Waals surface area contributed by atoms with Crippen LogP contribution in [0.4, 0.5) is 4.39 Å². The van der Waals surface area contributed by atoms with Gasteiger partial charge in [-0.05, 0) is 0 Å². The predicted molar refractivity (Wildman–Crippen MR) is 15.7 cm³/mol. The van der Waals surface area contributed by atoms with Gasteiger partial charge in [0, 0.05) is 0 Å². The third-order valence-electron chi connectivity index (χ3n) is 0.134. The number of hydrogen-bond donors (Lipinski definition) is 0.